The molecule has 1 amide bonds. The number of aryl methyl sites for hydroxylation is 1. The number of halogens is 1. The van der Waals surface area contributed by atoms with E-state index >= 15 is 0 Å². The summed E-state index contributed by atoms with van der Waals surface area (Å²) < 4.78 is 23.5. The SMILES string of the molecule is COC(=O)c1cccc(OCC(=O)N2CCCc3cc(F)ccc32)c1. The Morgan fingerprint density at radius 2 is 2.04 bits per heavy atom. The minimum atomic E-state index is -0.469. The van der Waals surface area contributed by atoms with E-state index in [1.165, 1.54) is 25.3 Å². The number of ether oxygens (including phenoxy) is 2. The molecule has 130 valence electrons. The van der Waals surface area contributed by atoms with E-state index in [4.69, 9.17) is 4.74 Å². The summed E-state index contributed by atoms with van der Waals surface area (Å²) in [5.74, 6) is -0.573. The number of benzene rings is 2. The molecule has 1 aliphatic heterocycles. The van der Waals surface area contributed by atoms with Gasteiger partial charge in [-0.2, -0.15) is 0 Å². The van der Waals surface area contributed by atoms with Crippen molar-refractivity contribution in [2.45, 2.75) is 12.8 Å². The van der Waals surface area contributed by atoms with Gasteiger partial charge in [-0.05, 0) is 54.8 Å². The van der Waals surface area contributed by atoms with E-state index < -0.39 is 5.97 Å². The van der Waals surface area contributed by atoms with E-state index in [1.807, 2.05) is 0 Å². The average Bonchev–Trinajstić information content (AvgIpc) is 2.64. The van der Waals surface area contributed by atoms with Crippen molar-refractivity contribution in [3.63, 3.8) is 0 Å². The molecule has 0 aliphatic carbocycles. The van der Waals surface area contributed by atoms with Gasteiger partial charge in [0.25, 0.3) is 5.91 Å². The zero-order valence-corrected chi connectivity index (χ0v) is 13.8. The van der Waals surface area contributed by atoms with Crippen molar-refractivity contribution in [3.05, 3.63) is 59.4 Å². The predicted molar refractivity (Wildman–Crippen MR) is 90.4 cm³/mol. The Hall–Kier alpha value is -2.89. The molecule has 0 bridgehead atoms. The largest absolute Gasteiger partial charge is 0.484 e. The first-order chi connectivity index (χ1) is 12.1. The van der Waals surface area contributed by atoms with Gasteiger partial charge in [-0.1, -0.05) is 6.07 Å². The Kier molecular flexibility index (Phi) is 4.97. The first-order valence-corrected chi connectivity index (χ1v) is 7.98. The van der Waals surface area contributed by atoms with Crippen LogP contribution < -0.4 is 9.64 Å². The van der Waals surface area contributed by atoms with Crippen LogP contribution in [0.15, 0.2) is 42.5 Å². The van der Waals surface area contributed by atoms with E-state index in [2.05, 4.69) is 4.74 Å². The molecular weight excluding hydrogens is 325 g/mol. The maximum Gasteiger partial charge on any atom is 0.337 e. The minimum absolute atomic E-state index is 0.165. The third-order valence-electron chi connectivity index (χ3n) is 4.08. The number of hydrogen-bond donors (Lipinski definition) is 0. The van der Waals surface area contributed by atoms with Crippen molar-refractivity contribution in [1.29, 1.82) is 0 Å². The lowest BCUT2D eigenvalue weighted by molar-refractivity contribution is -0.120. The number of rotatable bonds is 4. The van der Waals surface area contributed by atoms with Gasteiger partial charge in [0.2, 0.25) is 0 Å². The van der Waals surface area contributed by atoms with E-state index in [-0.39, 0.29) is 18.3 Å². The molecule has 2 aromatic carbocycles. The fraction of sp³-hybridized carbons (Fsp3) is 0.263. The molecule has 1 heterocycles. The molecule has 3 rings (SSSR count). The zero-order chi connectivity index (χ0) is 17.8. The molecule has 25 heavy (non-hydrogen) atoms. The van der Waals surface area contributed by atoms with Crippen molar-refractivity contribution in [2.24, 2.45) is 0 Å². The standard InChI is InChI=1S/C19H18FNO4/c1-24-19(23)14-4-2-6-16(11-14)25-12-18(22)21-9-3-5-13-10-15(20)7-8-17(13)21/h2,4,6-8,10-11H,3,5,9,12H2,1H3. The molecule has 0 saturated heterocycles. The molecule has 0 radical (unpaired) electrons. The van der Waals surface area contributed by atoms with Crippen LogP contribution in [0.5, 0.6) is 5.75 Å². The highest BCUT2D eigenvalue weighted by Gasteiger charge is 2.23. The lowest BCUT2D eigenvalue weighted by atomic mass is 10.0. The third-order valence-corrected chi connectivity index (χ3v) is 4.08. The van der Waals surface area contributed by atoms with Gasteiger partial charge in [0.1, 0.15) is 11.6 Å². The quantitative estimate of drug-likeness (QED) is 0.801. The molecule has 1 aliphatic rings. The number of amides is 1. The summed E-state index contributed by atoms with van der Waals surface area (Å²) in [6.45, 7) is 0.407. The molecular formula is C19H18FNO4. The second-order valence-corrected chi connectivity index (χ2v) is 5.73. The zero-order valence-electron chi connectivity index (χ0n) is 13.8. The average molecular weight is 343 g/mol. The lowest BCUT2D eigenvalue weighted by Crippen LogP contribution is -2.38. The number of fused-ring (bicyclic) bond motifs is 1. The summed E-state index contributed by atoms with van der Waals surface area (Å²) in [6, 6.07) is 10.9. The second-order valence-electron chi connectivity index (χ2n) is 5.73. The van der Waals surface area contributed by atoms with Gasteiger partial charge in [-0.3, -0.25) is 4.79 Å². The Labute approximate surface area is 145 Å². The van der Waals surface area contributed by atoms with E-state index in [0.717, 1.165) is 24.1 Å². The number of esters is 1. The number of carbonyl (C=O) groups excluding carboxylic acids is 2. The third kappa shape index (κ3) is 3.79. The summed E-state index contributed by atoms with van der Waals surface area (Å²) in [4.78, 5) is 25.7. The molecule has 6 heteroatoms. The van der Waals surface area contributed by atoms with Crippen molar-refractivity contribution in [3.8, 4) is 5.75 Å². The summed E-state index contributed by atoms with van der Waals surface area (Å²) in [5.41, 5.74) is 1.91. The Morgan fingerprint density at radius 3 is 2.84 bits per heavy atom. The summed E-state index contributed by atoms with van der Waals surface area (Å²) >= 11 is 0. The highest BCUT2D eigenvalue weighted by Crippen LogP contribution is 2.28. The highest BCUT2D eigenvalue weighted by atomic mass is 19.1. The van der Waals surface area contributed by atoms with Gasteiger partial charge >= 0.3 is 5.97 Å². The first-order valence-electron chi connectivity index (χ1n) is 7.98. The smallest absolute Gasteiger partial charge is 0.337 e. The van der Waals surface area contributed by atoms with Crippen LogP contribution in [0.4, 0.5) is 10.1 Å². The van der Waals surface area contributed by atoms with Gasteiger partial charge < -0.3 is 14.4 Å². The van der Waals surface area contributed by atoms with Crippen LogP contribution in [0.3, 0.4) is 0 Å². The summed E-state index contributed by atoms with van der Waals surface area (Å²) in [6.07, 6.45) is 1.53. The molecule has 5 nitrogen and oxygen atoms in total. The van der Waals surface area contributed by atoms with Crippen LogP contribution >= 0.6 is 0 Å². The van der Waals surface area contributed by atoms with Crippen LogP contribution in [-0.2, 0) is 16.0 Å². The second kappa shape index (κ2) is 7.34. The van der Waals surface area contributed by atoms with Gasteiger partial charge in [0.05, 0.1) is 12.7 Å². The van der Waals surface area contributed by atoms with Crippen LogP contribution in [0, 0.1) is 5.82 Å². The van der Waals surface area contributed by atoms with Crippen LogP contribution in [0.25, 0.3) is 0 Å². The molecule has 0 spiro atoms. The Morgan fingerprint density at radius 1 is 1.20 bits per heavy atom. The summed E-state index contributed by atoms with van der Waals surface area (Å²) in [7, 11) is 1.30. The van der Waals surface area contributed by atoms with Gasteiger partial charge in [-0.25, -0.2) is 9.18 Å². The molecule has 0 aromatic heterocycles. The molecule has 2 aromatic rings. The van der Waals surface area contributed by atoms with Gasteiger partial charge in [0, 0.05) is 12.2 Å². The number of methoxy groups -OCH3 is 1. The van der Waals surface area contributed by atoms with E-state index in [9.17, 15) is 14.0 Å². The molecule has 0 atom stereocenters. The fourth-order valence-electron chi connectivity index (χ4n) is 2.88. The normalized spacial score (nSPS) is 13.1. The molecule has 0 unspecified atom stereocenters. The summed E-state index contributed by atoms with van der Waals surface area (Å²) in [5, 5.41) is 0. The van der Waals surface area contributed by atoms with Crippen molar-refractivity contribution in [1.82, 2.24) is 0 Å². The Balaban J connectivity index is 1.69. The Bertz CT molecular complexity index is 806. The molecule has 0 fully saturated rings. The highest BCUT2D eigenvalue weighted by molar-refractivity contribution is 5.95. The monoisotopic (exact) mass is 343 g/mol. The van der Waals surface area contributed by atoms with Crippen molar-refractivity contribution in [2.75, 3.05) is 25.2 Å². The fourth-order valence-corrected chi connectivity index (χ4v) is 2.88. The van der Waals surface area contributed by atoms with Crippen LogP contribution in [0.2, 0.25) is 0 Å². The maximum atomic E-state index is 13.4. The molecule has 0 N–H and O–H groups in total. The number of nitrogens with zero attached hydrogens (tertiary/aromatic N) is 1. The number of carbonyl (C=O) groups is 2. The van der Waals surface area contributed by atoms with E-state index in [0.29, 0.717) is 17.9 Å². The minimum Gasteiger partial charge on any atom is -0.484 e. The first kappa shape index (κ1) is 17.0. The lowest BCUT2D eigenvalue weighted by Gasteiger charge is -2.29. The molecule has 0 saturated carbocycles. The maximum absolute atomic E-state index is 13.4. The van der Waals surface area contributed by atoms with Crippen molar-refractivity contribution < 1.29 is 23.5 Å². The van der Waals surface area contributed by atoms with Crippen LogP contribution in [0.1, 0.15) is 22.3 Å². The van der Waals surface area contributed by atoms with E-state index in [1.54, 1.807) is 29.2 Å². The van der Waals surface area contributed by atoms with Crippen molar-refractivity contribution >= 4 is 17.6 Å². The van der Waals surface area contributed by atoms with Crippen LogP contribution in [-0.4, -0.2) is 32.1 Å². The van der Waals surface area contributed by atoms with Gasteiger partial charge in [-0.15, -0.1) is 0 Å². The van der Waals surface area contributed by atoms with Gasteiger partial charge in [0.15, 0.2) is 6.61 Å². The predicted octanol–water partition coefficient (Wildman–Crippen LogP) is 2.97. The number of anilines is 1. The topological polar surface area (TPSA) is 55.8 Å². The number of hydrogen-bond acceptors (Lipinski definition) is 4.